The molecule has 3 nitrogen and oxygen atoms in total. The van der Waals surface area contributed by atoms with Crippen LogP contribution in [0.15, 0.2) is 23.7 Å². The zero-order chi connectivity index (χ0) is 11.4. The van der Waals surface area contributed by atoms with Gasteiger partial charge in [0.15, 0.2) is 0 Å². The normalized spacial score (nSPS) is 13.1. The lowest BCUT2D eigenvalue weighted by Crippen LogP contribution is -2.21. The molecule has 0 aliphatic rings. The first-order valence-electron chi connectivity index (χ1n) is 5.43. The number of aromatic nitrogens is 1. The number of likely N-dealkylation sites (N-methyl/N-ethyl adjacent to an activating group) is 1. The highest BCUT2D eigenvalue weighted by molar-refractivity contribution is 7.17. The van der Waals surface area contributed by atoms with Crippen molar-refractivity contribution >= 4 is 21.6 Å². The van der Waals surface area contributed by atoms with Crippen LogP contribution in [0.2, 0.25) is 0 Å². The van der Waals surface area contributed by atoms with E-state index in [2.05, 4.69) is 21.7 Å². The summed E-state index contributed by atoms with van der Waals surface area (Å²) in [6.07, 6.45) is 1.93. The zero-order valence-electron chi connectivity index (χ0n) is 9.56. The van der Waals surface area contributed by atoms with Gasteiger partial charge in [-0.1, -0.05) is 0 Å². The van der Waals surface area contributed by atoms with Gasteiger partial charge in [-0.2, -0.15) is 0 Å². The fourth-order valence-electron chi connectivity index (χ4n) is 1.63. The first-order valence-corrected chi connectivity index (χ1v) is 6.31. The fourth-order valence-corrected chi connectivity index (χ4v) is 2.42. The second-order valence-corrected chi connectivity index (χ2v) is 4.52. The van der Waals surface area contributed by atoms with Crippen LogP contribution in [-0.4, -0.2) is 25.2 Å². The van der Waals surface area contributed by atoms with Crippen molar-refractivity contribution in [3.8, 4) is 0 Å². The van der Waals surface area contributed by atoms with Crippen molar-refractivity contribution in [2.75, 3.05) is 20.3 Å². The summed E-state index contributed by atoms with van der Waals surface area (Å²) < 4.78 is 6.68. The van der Waals surface area contributed by atoms with Crippen molar-refractivity contribution in [2.24, 2.45) is 0 Å². The molecule has 2 heterocycles. The third-order valence-corrected chi connectivity index (χ3v) is 3.42. The van der Waals surface area contributed by atoms with E-state index >= 15 is 0 Å². The van der Waals surface area contributed by atoms with Crippen LogP contribution < -0.4 is 5.32 Å². The molecule has 2 aromatic heterocycles. The van der Waals surface area contributed by atoms with Gasteiger partial charge >= 0.3 is 0 Å². The van der Waals surface area contributed by atoms with Crippen LogP contribution in [0, 0.1) is 0 Å². The molecule has 0 spiro atoms. The van der Waals surface area contributed by atoms with Crippen molar-refractivity contribution in [3.05, 3.63) is 29.3 Å². The largest absolute Gasteiger partial charge is 0.380 e. The van der Waals surface area contributed by atoms with Gasteiger partial charge < -0.3 is 10.1 Å². The van der Waals surface area contributed by atoms with Gasteiger partial charge in [0.05, 0.1) is 22.9 Å². The zero-order valence-corrected chi connectivity index (χ0v) is 10.4. The van der Waals surface area contributed by atoms with Gasteiger partial charge in [-0.05, 0) is 37.0 Å². The van der Waals surface area contributed by atoms with Crippen LogP contribution in [0.3, 0.4) is 0 Å². The van der Waals surface area contributed by atoms with E-state index in [9.17, 15) is 0 Å². The summed E-state index contributed by atoms with van der Waals surface area (Å²) in [4.78, 5) is 4.43. The molecule has 4 heteroatoms. The van der Waals surface area contributed by atoms with E-state index in [0.717, 1.165) is 12.1 Å². The molecule has 0 fully saturated rings. The van der Waals surface area contributed by atoms with E-state index in [1.54, 1.807) is 11.3 Å². The quantitative estimate of drug-likeness (QED) is 0.866. The lowest BCUT2D eigenvalue weighted by atomic mass is 10.1. The maximum atomic E-state index is 5.45. The molecular formula is C12H16N2OS. The minimum absolute atomic E-state index is 0.221. The van der Waals surface area contributed by atoms with Crippen molar-refractivity contribution in [3.63, 3.8) is 0 Å². The number of nitrogens with zero attached hydrogens (tertiary/aromatic N) is 1. The average molecular weight is 236 g/mol. The standard InChI is InChI=1S/C12H16N2OS/c1-3-15-8-11(13-2)9-6-12-10(14-7-9)4-5-16-12/h4-7,11,13H,3,8H2,1-2H3. The second-order valence-electron chi connectivity index (χ2n) is 3.57. The Hall–Kier alpha value is -0.970. The van der Waals surface area contributed by atoms with Gasteiger partial charge in [0, 0.05) is 12.8 Å². The maximum Gasteiger partial charge on any atom is 0.0809 e. The van der Waals surface area contributed by atoms with Crippen molar-refractivity contribution in [1.29, 1.82) is 0 Å². The van der Waals surface area contributed by atoms with E-state index in [-0.39, 0.29) is 6.04 Å². The molecule has 1 atom stereocenters. The van der Waals surface area contributed by atoms with Crippen molar-refractivity contribution < 1.29 is 4.74 Å². The number of thiophene rings is 1. The lowest BCUT2D eigenvalue weighted by molar-refractivity contribution is 0.125. The lowest BCUT2D eigenvalue weighted by Gasteiger charge is -2.15. The predicted octanol–water partition coefficient (Wildman–Crippen LogP) is 2.59. The molecule has 0 radical (unpaired) electrons. The summed E-state index contributed by atoms with van der Waals surface area (Å²) in [6, 6.07) is 4.45. The highest BCUT2D eigenvalue weighted by atomic mass is 32.1. The van der Waals surface area contributed by atoms with Crippen LogP contribution in [0.5, 0.6) is 0 Å². The third kappa shape index (κ3) is 2.40. The van der Waals surface area contributed by atoms with Gasteiger partial charge in [-0.25, -0.2) is 0 Å². The number of pyridine rings is 1. The highest BCUT2D eigenvalue weighted by Crippen LogP contribution is 2.22. The molecular weight excluding hydrogens is 220 g/mol. The topological polar surface area (TPSA) is 34.1 Å². The molecule has 16 heavy (non-hydrogen) atoms. The fraction of sp³-hybridized carbons (Fsp3) is 0.417. The van der Waals surface area contributed by atoms with E-state index in [0.29, 0.717) is 6.61 Å². The minimum atomic E-state index is 0.221. The summed E-state index contributed by atoms with van der Waals surface area (Å²) in [5.41, 5.74) is 2.26. The number of fused-ring (bicyclic) bond motifs is 1. The van der Waals surface area contributed by atoms with Gasteiger partial charge in [-0.3, -0.25) is 4.98 Å². The number of hydrogen-bond donors (Lipinski definition) is 1. The Morgan fingerprint density at radius 2 is 2.44 bits per heavy atom. The molecule has 86 valence electrons. The number of nitrogens with one attached hydrogen (secondary N) is 1. The number of ether oxygens (including phenoxy) is 1. The molecule has 0 aliphatic heterocycles. The summed E-state index contributed by atoms with van der Waals surface area (Å²) in [6.45, 7) is 3.44. The first kappa shape index (κ1) is 11.5. The Morgan fingerprint density at radius 1 is 1.56 bits per heavy atom. The minimum Gasteiger partial charge on any atom is -0.380 e. The van der Waals surface area contributed by atoms with Gasteiger partial charge in [0.2, 0.25) is 0 Å². The van der Waals surface area contributed by atoms with E-state index < -0.39 is 0 Å². The number of rotatable bonds is 5. The monoisotopic (exact) mass is 236 g/mol. The van der Waals surface area contributed by atoms with E-state index in [1.807, 2.05) is 26.2 Å². The molecule has 2 rings (SSSR count). The van der Waals surface area contributed by atoms with Crippen LogP contribution in [0.1, 0.15) is 18.5 Å². The molecule has 0 saturated heterocycles. The van der Waals surface area contributed by atoms with E-state index in [4.69, 9.17) is 4.74 Å². The summed E-state index contributed by atoms with van der Waals surface area (Å²) in [7, 11) is 1.95. The molecule has 0 aliphatic carbocycles. The van der Waals surface area contributed by atoms with Crippen LogP contribution >= 0.6 is 11.3 Å². The van der Waals surface area contributed by atoms with Crippen LogP contribution in [0.25, 0.3) is 10.2 Å². The van der Waals surface area contributed by atoms with Crippen molar-refractivity contribution in [1.82, 2.24) is 10.3 Å². The molecule has 0 amide bonds. The summed E-state index contributed by atoms with van der Waals surface area (Å²) in [5, 5.41) is 5.32. The van der Waals surface area contributed by atoms with Crippen LogP contribution in [0.4, 0.5) is 0 Å². The third-order valence-electron chi connectivity index (χ3n) is 2.56. The predicted molar refractivity (Wildman–Crippen MR) is 67.9 cm³/mol. The molecule has 0 bridgehead atoms. The Balaban J connectivity index is 2.22. The molecule has 0 saturated carbocycles. The average Bonchev–Trinajstić information content (AvgIpc) is 2.77. The van der Waals surface area contributed by atoms with Crippen LogP contribution in [-0.2, 0) is 4.74 Å². The first-order chi connectivity index (χ1) is 7.85. The Kier molecular flexibility index (Phi) is 3.88. The maximum absolute atomic E-state index is 5.45. The highest BCUT2D eigenvalue weighted by Gasteiger charge is 2.10. The van der Waals surface area contributed by atoms with Gasteiger partial charge in [0.25, 0.3) is 0 Å². The smallest absolute Gasteiger partial charge is 0.0809 e. The number of hydrogen-bond acceptors (Lipinski definition) is 4. The molecule has 1 unspecified atom stereocenters. The summed E-state index contributed by atoms with van der Waals surface area (Å²) in [5.74, 6) is 0. The van der Waals surface area contributed by atoms with E-state index in [1.165, 1.54) is 10.3 Å². The molecule has 2 aromatic rings. The Labute approximate surface area is 99.5 Å². The Bertz CT molecular complexity index is 455. The van der Waals surface area contributed by atoms with Gasteiger partial charge in [0.1, 0.15) is 0 Å². The second kappa shape index (κ2) is 5.39. The SMILES string of the molecule is CCOCC(NC)c1cnc2ccsc2c1. The molecule has 0 aromatic carbocycles. The molecule has 1 N–H and O–H groups in total. The van der Waals surface area contributed by atoms with Gasteiger partial charge in [-0.15, -0.1) is 11.3 Å². The Morgan fingerprint density at radius 3 is 3.19 bits per heavy atom. The van der Waals surface area contributed by atoms with Crippen molar-refractivity contribution in [2.45, 2.75) is 13.0 Å². The summed E-state index contributed by atoms with van der Waals surface area (Å²) >= 11 is 1.72.